The molecule has 0 aliphatic rings. The van der Waals surface area contributed by atoms with E-state index in [1.165, 1.54) is 13.2 Å². The van der Waals surface area contributed by atoms with Crippen molar-refractivity contribution in [3.05, 3.63) is 33.3 Å². The molecule has 1 amide bonds. The minimum Gasteiger partial charge on any atom is -0.495 e. The maximum absolute atomic E-state index is 11.2. The van der Waals surface area contributed by atoms with E-state index in [1.807, 2.05) is 0 Å². The molecule has 0 spiro atoms. The van der Waals surface area contributed by atoms with Crippen LogP contribution in [0.4, 0.5) is 5.69 Å². The first-order valence-corrected chi connectivity index (χ1v) is 4.66. The molecule has 7 heteroatoms. The first kappa shape index (κ1) is 12.3. The average Bonchev–Trinajstić information content (AvgIpc) is 2.16. The second kappa shape index (κ2) is 5.32. The number of carbonyl (C=O) groups is 1. The maximum Gasteiger partial charge on any atom is 0.296 e. The topological polar surface area (TPSA) is 81.5 Å². The van der Waals surface area contributed by atoms with Gasteiger partial charge in [-0.3, -0.25) is 14.9 Å². The maximum atomic E-state index is 11.2. The summed E-state index contributed by atoms with van der Waals surface area (Å²) in [6.07, 6.45) is 0. The van der Waals surface area contributed by atoms with Crippen molar-refractivity contribution < 1.29 is 14.5 Å². The number of halogens is 1. The van der Waals surface area contributed by atoms with Gasteiger partial charge in [-0.2, -0.15) is 0 Å². The van der Waals surface area contributed by atoms with Gasteiger partial charge in [0, 0.05) is 9.95 Å². The molecular weight excluding hydrogens is 236 g/mol. The Morgan fingerprint density at radius 3 is 2.88 bits per heavy atom. The van der Waals surface area contributed by atoms with Crippen molar-refractivity contribution in [3.8, 4) is 5.75 Å². The predicted octanol–water partition coefficient (Wildman–Crippen LogP) is 1.56. The summed E-state index contributed by atoms with van der Waals surface area (Å²) < 4.78 is 4.96. The Kier molecular flexibility index (Phi) is 4.07. The lowest BCUT2D eigenvalue weighted by atomic mass is 10.3. The highest BCUT2D eigenvalue weighted by molar-refractivity contribution is 6.31. The van der Waals surface area contributed by atoms with Crippen molar-refractivity contribution in [1.29, 1.82) is 0 Å². The zero-order valence-electron chi connectivity index (χ0n) is 8.40. The number of amides is 1. The van der Waals surface area contributed by atoms with Gasteiger partial charge in [-0.15, -0.1) is 0 Å². The Labute approximate surface area is 96.3 Å². The molecule has 16 heavy (non-hydrogen) atoms. The standard InChI is InChI=1S/C9H9ClN2O4/c1-16-8-3-2-6(10)4-7(8)11-9(13)5-12(14)15/h2-4H,5H2,1H3,(H,11,13). The quantitative estimate of drug-likeness (QED) is 0.644. The Morgan fingerprint density at radius 2 is 2.31 bits per heavy atom. The number of rotatable bonds is 4. The molecule has 0 radical (unpaired) electrons. The van der Waals surface area contributed by atoms with Gasteiger partial charge in [0.25, 0.3) is 12.5 Å². The van der Waals surface area contributed by atoms with Crippen molar-refractivity contribution >= 4 is 23.2 Å². The summed E-state index contributed by atoms with van der Waals surface area (Å²) >= 11 is 5.72. The van der Waals surface area contributed by atoms with Crippen molar-refractivity contribution in [2.75, 3.05) is 19.0 Å². The van der Waals surface area contributed by atoms with Gasteiger partial charge >= 0.3 is 0 Å². The van der Waals surface area contributed by atoms with Crippen LogP contribution in [0.2, 0.25) is 5.02 Å². The molecular formula is C9H9ClN2O4. The van der Waals surface area contributed by atoms with Crippen LogP contribution < -0.4 is 10.1 Å². The number of nitro groups is 1. The molecule has 0 saturated heterocycles. The zero-order chi connectivity index (χ0) is 12.1. The molecule has 0 fully saturated rings. The van der Waals surface area contributed by atoms with Gasteiger partial charge < -0.3 is 10.1 Å². The fourth-order valence-electron chi connectivity index (χ4n) is 1.08. The highest BCUT2D eigenvalue weighted by atomic mass is 35.5. The van der Waals surface area contributed by atoms with Crippen LogP contribution in [0.5, 0.6) is 5.75 Å². The molecule has 0 aliphatic carbocycles. The SMILES string of the molecule is COc1ccc(Cl)cc1NC(=O)C[N+](=O)[O-]. The van der Waals surface area contributed by atoms with Gasteiger partial charge in [-0.05, 0) is 18.2 Å². The largest absolute Gasteiger partial charge is 0.495 e. The van der Waals surface area contributed by atoms with E-state index in [4.69, 9.17) is 16.3 Å². The fourth-order valence-corrected chi connectivity index (χ4v) is 1.26. The Hall–Kier alpha value is -1.82. The summed E-state index contributed by atoms with van der Waals surface area (Å²) in [5.41, 5.74) is 0.307. The Balaban J connectivity index is 2.83. The lowest BCUT2D eigenvalue weighted by molar-refractivity contribution is -0.467. The second-order valence-corrected chi connectivity index (χ2v) is 3.32. The lowest BCUT2D eigenvalue weighted by Crippen LogP contribution is -2.21. The van der Waals surface area contributed by atoms with Crippen LogP contribution in [-0.4, -0.2) is 24.5 Å². The molecule has 0 aliphatic heterocycles. The van der Waals surface area contributed by atoms with Crippen LogP contribution in [0.25, 0.3) is 0 Å². The molecule has 0 bridgehead atoms. The van der Waals surface area contributed by atoms with E-state index < -0.39 is 17.4 Å². The van der Waals surface area contributed by atoms with Crippen LogP contribution in [0, 0.1) is 10.1 Å². The number of anilines is 1. The van der Waals surface area contributed by atoms with Crippen molar-refractivity contribution in [1.82, 2.24) is 0 Å². The third kappa shape index (κ3) is 3.39. The number of benzene rings is 1. The minimum atomic E-state index is -0.796. The molecule has 1 aromatic rings. The molecule has 86 valence electrons. The summed E-state index contributed by atoms with van der Waals surface area (Å²) in [7, 11) is 1.42. The Morgan fingerprint density at radius 1 is 1.62 bits per heavy atom. The number of ether oxygens (including phenoxy) is 1. The first-order chi connectivity index (χ1) is 7.52. The zero-order valence-corrected chi connectivity index (χ0v) is 9.15. The number of nitrogens with one attached hydrogen (secondary N) is 1. The van der Waals surface area contributed by atoms with E-state index in [0.29, 0.717) is 16.5 Å². The van der Waals surface area contributed by atoms with E-state index >= 15 is 0 Å². The van der Waals surface area contributed by atoms with Crippen LogP contribution in [0.3, 0.4) is 0 Å². The average molecular weight is 245 g/mol. The fraction of sp³-hybridized carbons (Fsp3) is 0.222. The van der Waals surface area contributed by atoms with Crippen LogP contribution in [0.15, 0.2) is 18.2 Å². The molecule has 1 aromatic carbocycles. The predicted molar refractivity (Wildman–Crippen MR) is 58.5 cm³/mol. The first-order valence-electron chi connectivity index (χ1n) is 4.28. The summed E-state index contributed by atoms with van der Waals surface area (Å²) in [5.74, 6) is -0.341. The van der Waals surface area contributed by atoms with Crippen molar-refractivity contribution in [2.24, 2.45) is 0 Å². The van der Waals surface area contributed by atoms with Gasteiger partial charge in [0.05, 0.1) is 12.8 Å². The number of nitrogens with zero attached hydrogens (tertiary/aromatic N) is 1. The summed E-state index contributed by atoms with van der Waals surface area (Å²) in [5, 5.41) is 12.9. The van der Waals surface area contributed by atoms with Crippen molar-refractivity contribution in [2.45, 2.75) is 0 Å². The molecule has 0 heterocycles. The van der Waals surface area contributed by atoms with E-state index in [1.54, 1.807) is 12.1 Å². The normalized spacial score (nSPS) is 9.62. The highest BCUT2D eigenvalue weighted by Crippen LogP contribution is 2.27. The van der Waals surface area contributed by atoms with Crippen LogP contribution in [-0.2, 0) is 4.79 Å². The number of hydrogen-bond donors (Lipinski definition) is 1. The van der Waals surface area contributed by atoms with Gasteiger partial charge in [0.2, 0.25) is 0 Å². The second-order valence-electron chi connectivity index (χ2n) is 2.88. The third-order valence-electron chi connectivity index (χ3n) is 1.71. The summed E-state index contributed by atoms with van der Waals surface area (Å²) in [6, 6.07) is 4.60. The van der Waals surface area contributed by atoms with Gasteiger partial charge in [-0.1, -0.05) is 11.6 Å². The molecule has 6 nitrogen and oxygen atoms in total. The highest BCUT2D eigenvalue weighted by Gasteiger charge is 2.12. The number of methoxy groups -OCH3 is 1. The molecule has 0 saturated carbocycles. The van der Waals surface area contributed by atoms with Gasteiger partial charge in [0.15, 0.2) is 0 Å². The third-order valence-corrected chi connectivity index (χ3v) is 1.94. The monoisotopic (exact) mass is 244 g/mol. The van der Waals surface area contributed by atoms with Crippen molar-refractivity contribution in [3.63, 3.8) is 0 Å². The molecule has 1 rings (SSSR count). The van der Waals surface area contributed by atoms with E-state index in [2.05, 4.69) is 5.32 Å². The number of carbonyl (C=O) groups excluding carboxylic acids is 1. The molecule has 0 unspecified atom stereocenters. The Bertz CT molecular complexity index is 422. The van der Waals surface area contributed by atoms with E-state index in [9.17, 15) is 14.9 Å². The summed E-state index contributed by atoms with van der Waals surface area (Å²) in [4.78, 5) is 20.5. The van der Waals surface area contributed by atoms with E-state index in [-0.39, 0.29) is 0 Å². The molecule has 0 aromatic heterocycles. The molecule has 1 N–H and O–H groups in total. The minimum absolute atomic E-state index is 0.307. The van der Waals surface area contributed by atoms with Crippen LogP contribution in [0.1, 0.15) is 0 Å². The lowest BCUT2D eigenvalue weighted by Gasteiger charge is -2.08. The smallest absolute Gasteiger partial charge is 0.296 e. The molecule has 0 atom stereocenters. The van der Waals surface area contributed by atoms with Crippen LogP contribution >= 0.6 is 11.6 Å². The van der Waals surface area contributed by atoms with Gasteiger partial charge in [-0.25, -0.2) is 0 Å². The van der Waals surface area contributed by atoms with Gasteiger partial charge in [0.1, 0.15) is 5.75 Å². The number of hydrogen-bond acceptors (Lipinski definition) is 4. The summed E-state index contributed by atoms with van der Waals surface area (Å²) in [6.45, 7) is -0.796. The van der Waals surface area contributed by atoms with E-state index in [0.717, 1.165) is 0 Å².